The van der Waals surface area contributed by atoms with E-state index >= 15 is 0 Å². The normalized spacial score (nSPS) is 21.2. The van der Waals surface area contributed by atoms with E-state index < -0.39 is 11.6 Å². The summed E-state index contributed by atoms with van der Waals surface area (Å²) in [6.07, 6.45) is 0. The molecule has 6 heteroatoms. The molecule has 1 fully saturated rings. The summed E-state index contributed by atoms with van der Waals surface area (Å²) in [5.41, 5.74) is 0.389. The summed E-state index contributed by atoms with van der Waals surface area (Å²) >= 11 is 0. The molecule has 0 spiro atoms. The SMILES string of the molecule is C[C@@]1(c2ccccc2)CN(C(=O)c2ccc(C(=O)O)o2)CCO1. The van der Waals surface area contributed by atoms with Gasteiger partial charge in [0.15, 0.2) is 5.76 Å². The first kappa shape index (κ1) is 15.3. The molecule has 3 rings (SSSR count). The third-order valence-corrected chi connectivity index (χ3v) is 3.97. The molecule has 0 aliphatic carbocycles. The number of benzene rings is 1. The fourth-order valence-corrected chi connectivity index (χ4v) is 2.73. The summed E-state index contributed by atoms with van der Waals surface area (Å²) in [6, 6.07) is 12.4. The van der Waals surface area contributed by atoms with Crippen LogP contribution in [0.4, 0.5) is 0 Å². The van der Waals surface area contributed by atoms with Crippen LogP contribution in [-0.2, 0) is 10.3 Å². The van der Waals surface area contributed by atoms with Gasteiger partial charge in [0.1, 0.15) is 5.60 Å². The van der Waals surface area contributed by atoms with Gasteiger partial charge < -0.3 is 19.2 Å². The monoisotopic (exact) mass is 315 g/mol. The molecule has 0 saturated carbocycles. The van der Waals surface area contributed by atoms with E-state index in [1.54, 1.807) is 4.90 Å². The summed E-state index contributed by atoms with van der Waals surface area (Å²) in [4.78, 5) is 25.0. The highest BCUT2D eigenvalue weighted by Gasteiger charge is 2.36. The predicted octanol–water partition coefficient (Wildman–Crippen LogP) is 2.37. The van der Waals surface area contributed by atoms with Crippen LogP contribution < -0.4 is 0 Å². The maximum Gasteiger partial charge on any atom is 0.371 e. The van der Waals surface area contributed by atoms with Gasteiger partial charge in [0.25, 0.3) is 5.91 Å². The van der Waals surface area contributed by atoms with Crippen LogP contribution in [-0.4, -0.2) is 41.6 Å². The number of carbonyl (C=O) groups is 2. The first-order valence-corrected chi connectivity index (χ1v) is 7.31. The number of carbonyl (C=O) groups excluding carboxylic acids is 1. The average molecular weight is 315 g/mol. The fraction of sp³-hybridized carbons (Fsp3) is 0.294. The van der Waals surface area contributed by atoms with Gasteiger partial charge in [-0.15, -0.1) is 0 Å². The van der Waals surface area contributed by atoms with Crippen LogP contribution in [0.25, 0.3) is 0 Å². The number of nitrogens with zero attached hydrogens (tertiary/aromatic N) is 1. The van der Waals surface area contributed by atoms with Gasteiger partial charge in [-0.2, -0.15) is 0 Å². The van der Waals surface area contributed by atoms with Crippen LogP contribution in [0.15, 0.2) is 46.9 Å². The van der Waals surface area contributed by atoms with Crippen LogP contribution in [0.1, 0.15) is 33.6 Å². The van der Waals surface area contributed by atoms with Gasteiger partial charge in [0, 0.05) is 6.54 Å². The smallest absolute Gasteiger partial charge is 0.371 e. The largest absolute Gasteiger partial charge is 0.475 e. The quantitative estimate of drug-likeness (QED) is 0.940. The van der Waals surface area contributed by atoms with Crippen molar-refractivity contribution in [2.75, 3.05) is 19.7 Å². The van der Waals surface area contributed by atoms with E-state index in [0.717, 1.165) is 5.56 Å². The molecular weight excluding hydrogens is 298 g/mol. The Bertz CT molecular complexity index is 724. The molecule has 1 aromatic carbocycles. The number of furan rings is 1. The molecular formula is C17H17NO5. The zero-order chi connectivity index (χ0) is 16.4. The molecule has 0 unspecified atom stereocenters. The van der Waals surface area contributed by atoms with Crippen molar-refractivity contribution in [2.24, 2.45) is 0 Å². The van der Waals surface area contributed by atoms with Gasteiger partial charge in [-0.1, -0.05) is 30.3 Å². The Kier molecular flexibility index (Phi) is 3.92. The molecule has 2 aromatic rings. The molecule has 6 nitrogen and oxygen atoms in total. The fourth-order valence-electron chi connectivity index (χ4n) is 2.73. The second-order valence-electron chi connectivity index (χ2n) is 5.64. The van der Waals surface area contributed by atoms with Crippen molar-refractivity contribution in [2.45, 2.75) is 12.5 Å². The predicted molar refractivity (Wildman–Crippen MR) is 81.3 cm³/mol. The average Bonchev–Trinajstić information content (AvgIpc) is 3.05. The number of amides is 1. The summed E-state index contributed by atoms with van der Waals surface area (Å²) in [7, 11) is 0. The Balaban J connectivity index is 1.80. The van der Waals surface area contributed by atoms with Crippen LogP contribution in [0.3, 0.4) is 0 Å². The standard InChI is InChI=1S/C17H17NO5/c1-17(12-5-3-2-4-6-12)11-18(9-10-22-17)15(19)13-7-8-14(23-13)16(20)21/h2-8H,9-11H2,1H3,(H,20,21)/t17-/m0/s1. The molecule has 1 aliphatic rings. The minimum absolute atomic E-state index is 0.0275. The van der Waals surface area contributed by atoms with Gasteiger partial charge >= 0.3 is 5.97 Å². The Morgan fingerprint density at radius 1 is 1.13 bits per heavy atom. The van der Waals surface area contributed by atoms with Crippen LogP contribution >= 0.6 is 0 Å². The van der Waals surface area contributed by atoms with Crippen molar-refractivity contribution >= 4 is 11.9 Å². The number of aromatic carboxylic acids is 1. The van der Waals surface area contributed by atoms with Crippen LogP contribution in [0.5, 0.6) is 0 Å². The van der Waals surface area contributed by atoms with Crippen LogP contribution in [0.2, 0.25) is 0 Å². The summed E-state index contributed by atoms with van der Waals surface area (Å²) < 4.78 is 11.0. The Morgan fingerprint density at radius 2 is 1.83 bits per heavy atom. The first-order valence-electron chi connectivity index (χ1n) is 7.31. The number of hydrogen-bond acceptors (Lipinski definition) is 4. The lowest BCUT2D eigenvalue weighted by Crippen LogP contribution is -2.50. The zero-order valence-electron chi connectivity index (χ0n) is 12.7. The molecule has 1 aromatic heterocycles. The molecule has 120 valence electrons. The minimum atomic E-state index is -1.19. The van der Waals surface area contributed by atoms with E-state index in [-0.39, 0.29) is 17.4 Å². The summed E-state index contributed by atoms with van der Waals surface area (Å²) in [5.74, 6) is -1.74. The molecule has 1 amide bonds. The van der Waals surface area contributed by atoms with Gasteiger partial charge in [-0.25, -0.2) is 4.79 Å². The number of carboxylic acids is 1. The molecule has 1 atom stereocenters. The van der Waals surface area contributed by atoms with E-state index in [9.17, 15) is 9.59 Å². The van der Waals surface area contributed by atoms with Gasteiger partial charge in [0.05, 0.1) is 13.2 Å². The Morgan fingerprint density at radius 3 is 2.48 bits per heavy atom. The van der Waals surface area contributed by atoms with Crippen molar-refractivity contribution in [1.82, 2.24) is 4.90 Å². The minimum Gasteiger partial charge on any atom is -0.475 e. The Hall–Kier alpha value is -2.60. The van der Waals surface area contributed by atoms with Crippen molar-refractivity contribution in [3.05, 3.63) is 59.5 Å². The number of hydrogen-bond donors (Lipinski definition) is 1. The van der Waals surface area contributed by atoms with E-state index in [2.05, 4.69) is 0 Å². The highest BCUT2D eigenvalue weighted by molar-refractivity contribution is 5.93. The number of morpholine rings is 1. The van der Waals surface area contributed by atoms with E-state index in [1.165, 1.54) is 12.1 Å². The molecule has 1 N–H and O–H groups in total. The number of rotatable bonds is 3. The molecule has 1 aliphatic heterocycles. The van der Waals surface area contributed by atoms with E-state index in [0.29, 0.717) is 19.7 Å². The maximum absolute atomic E-state index is 12.5. The molecule has 1 saturated heterocycles. The third-order valence-electron chi connectivity index (χ3n) is 3.97. The summed E-state index contributed by atoms with van der Waals surface area (Å²) in [6.45, 7) is 3.15. The van der Waals surface area contributed by atoms with Crippen molar-refractivity contribution in [3.8, 4) is 0 Å². The second kappa shape index (κ2) is 5.89. The molecule has 0 radical (unpaired) electrons. The zero-order valence-corrected chi connectivity index (χ0v) is 12.7. The topological polar surface area (TPSA) is 80.0 Å². The number of carboxylic acid groups (broad SMARTS) is 1. The van der Waals surface area contributed by atoms with Gasteiger partial charge in [0.2, 0.25) is 5.76 Å². The Labute approximate surface area is 133 Å². The third kappa shape index (κ3) is 2.98. The lowest BCUT2D eigenvalue weighted by molar-refractivity contribution is -0.0935. The van der Waals surface area contributed by atoms with Crippen molar-refractivity contribution in [3.63, 3.8) is 0 Å². The number of ether oxygens (including phenoxy) is 1. The van der Waals surface area contributed by atoms with Gasteiger partial charge in [-0.3, -0.25) is 4.79 Å². The van der Waals surface area contributed by atoms with Crippen LogP contribution in [0, 0.1) is 0 Å². The highest BCUT2D eigenvalue weighted by atomic mass is 16.5. The van der Waals surface area contributed by atoms with Crippen molar-refractivity contribution < 1.29 is 23.8 Å². The second-order valence-corrected chi connectivity index (χ2v) is 5.64. The molecule has 2 heterocycles. The maximum atomic E-state index is 12.5. The summed E-state index contributed by atoms with van der Waals surface area (Å²) in [5, 5.41) is 8.88. The lowest BCUT2D eigenvalue weighted by atomic mass is 9.94. The highest BCUT2D eigenvalue weighted by Crippen LogP contribution is 2.30. The van der Waals surface area contributed by atoms with Crippen molar-refractivity contribution in [1.29, 1.82) is 0 Å². The van der Waals surface area contributed by atoms with Gasteiger partial charge in [-0.05, 0) is 24.6 Å². The molecule has 23 heavy (non-hydrogen) atoms. The molecule has 0 bridgehead atoms. The lowest BCUT2D eigenvalue weighted by Gasteiger charge is -2.40. The first-order chi connectivity index (χ1) is 11.0. The van der Waals surface area contributed by atoms with E-state index in [4.69, 9.17) is 14.3 Å². The van der Waals surface area contributed by atoms with E-state index in [1.807, 2.05) is 37.3 Å².